The van der Waals surface area contributed by atoms with E-state index in [9.17, 15) is 9.18 Å². The molecule has 0 spiro atoms. The zero-order valence-corrected chi connectivity index (χ0v) is 17.5. The molecule has 0 bridgehead atoms. The van der Waals surface area contributed by atoms with Crippen molar-refractivity contribution in [2.24, 2.45) is 0 Å². The number of para-hydroxylation sites is 2. The van der Waals surface area contributed by atoms with Crippen LogP contribution in [0.15, 0.2) is 53.3 Å². The Labute approximate surface area is 178 Å². The fraction of sp³-hybridized carbons (Fsp3) is 0.250. The first-order valence-corrected chi connectivity index (χ1v) is 10.5. The topological polar surface area (TPSA) is 65.6 Å². The molecule has 0 aliphatic carbocycles. The predicted octanol–water partition coefficient (Wildman–Crippen LogP) is 4.92. The zero-order chi connectivity index (χ0) is 21.5. The Kier molecular flexibility index (Phi) is 4.73. The third-order valence-electron chi connectivity index (χ3n) is 5.61. The van der Waals surface area contributed by atoms with Crippen molar-refractivity contribution in [1.29, 1.82) is 0 Å². The van der Waals surface area contributed by atoms with Crippen LogP contribution in [0, 0.1) is 12.7 Å². The number of nitrogens with zero attached hydrogens (tertiary/aromatic N) is 5. The average molecular weight is 415 g/mol. The summed E-state index contributed by atoms with van der Waals surface area (Å²) in [6, 6.07) is 13.7. The van der Waals surface area contributed by atoms with Crippen molar-refractivity contribution in [1.82, 2.24) is 24.1 Å². The molecule has 6 nitrogen and oxygen atoms in total. The minimum atomic E-state index is -0.370. The van der Waals surface area contributed by atoms with Crippen LogP contribution in [0.25, 0.3) is 38.9 Å². The molecule has 5 aromatic rings. The number of aromatic nitrogens is 5. The highest BCUT2D eigenvalue weighted by Crippen LogP contribution is 2.28. The van der Waals surface area contributed by atoms with Gasteiger partial charge in [0.15, 0.2) is 11.3 Å². The number of benzene rings is 2. The van der Waals surface area contributed by atoms with Gasteiger partial charge in [-0.25, -0.2) is 19.3 Å². The quantitative estimate of drug-likeness (QED) is 0.382. The van der Waals surface area contributed by atoms with E-state index in [-0.39, 0.29) is 11.4 Å². The molecule has 0 radical (unpaired) electrons. The third kappa shape index (κ3) is 3.17. The van der Waals surface area contributed by atoms with Crippen LogP contribution in [0.5, 0.6) is 0 Å². The molecule has 0 amide bonds. The maximum Gasteiger partial charge on any atom is 0.265 e. The Hall–Kier alpha value is -3.61. The SMILES string of the molecule is CCCCCn1c(C)nc2c(c1=O)c1nc3ccccc3nc1n2-c1cccc(F)c1. The molecule has 3 heterocycles. The van der Waals surface area contributed by atoms with Gasteiger partial charge in [-0.3, -0.25) is 13.9 Å². The molecular weight excluding hydrogens is 393 g/mol. The Bertz CT molecular complexity index is 1500. The minimum absolute atomic E-state index is 0.136. The molecule has 7 heteroatoms. The zero-order valence-electron chi connectivity index (χ0n) is 17.5. The van der Waals surface area contributed by atoms with E-state index in [1.807, 2.05) is 31.2 Å². The van der Waals surface area contributed by atoms with Gasteiger partial charge in [-0.1, -0.05) is 38.0 Å². The second-order valence-corrected chi connectivity index (χ2v) is 7.72. The number of fused-ring (bicyclic) bond motifs is 4. The van der Waals surface area contributed by atoms with Crippen LogP contribution in [0.3, 0.4) is 0 Å². The van der Waals surface area contributed by atoms with Crippen molar-refractivity contribution < 1.29 is 4.39 Å². The van der Waals surface area contributed by atoms with Crippen molar-refractivity contribution >= 4 is 33.2 Å². The number of rotatable bonds is 5. The lowest BCUT2D eigenvalue weighted by molar-refractivity contribution is 0.570. The molecule has 0 fully saturated rings. The molecule has 0 N–H and O–H groups in total. The van der Waals surface area contributed by atoms with Gasteiger partial charge in [0.25, 0.3) is 5.56 Å². The maximum absolute atomic E-state index is 14.1. The Balaban J connectivity index is 1.91. The predicted molar refractivity (Wildman–Crippen MR) is 120 cm³/mol. The van der Waals surface area contributed by atoms with Crippen LogP contribution >= 0.6 is 0 Å². The highest BCUT2D eigenvalue weighted by atomic mass is 19.1. The van der Waals surface area contributed by atoms with Crippen LogP contribution in [0.1, 0.15) is 32.0 Å². The van der Waals surface area contributed by atoms with Gasteiger partial charge < -0.3 is 0 Å². The third-order valence-corrected chi connectivity index (χ3v) is 5.61. The van der Waals surface area contributed by atoms with E-state index in [0.717, 1.165) is 19.3 Å². The lowest BCUT2D eigenvalue weighted by Crippen LogP contribution is -2.24. The molecule has 0 aliphatic rings. The van der Waals surface area contributed by atoms with Crippen molar-refractivity contribution in [2.45, 2.75) is 39.7 Å². The van der Waals surface area contributed by atoms with Crippen molar-refractivity contribution in [3.05, 3.63) is 70.5 Å². The van der Waals surface area contributed by atoms with Gasteiger partial charge in [-0.2, -0.15) is 0 Å². The molecule has 2 aromatic carbocycles. The molecule has 31 heavy (non-hydrogen) atoms. The van der Waals surface area contributed by atoms with Crippen molar-refractivity contribution in [2.75, 3.05) is 0 Å². The molecule has 0 aliphatic heterocycles. The Morgan fingerprint density at radius 3 is 2.45 bits per heavy atom. The summed E-state index contributed by atoms with van der Waals surface area (Å²) in [5, 5.41) is 0.416. The van der Waals surface area contributed by atoms with Crippen molar-refractivity contribution in [3.8, 4) is 5.69 Å². The van der Waals surface area contributed by atoms with E-state index in [0.29, 0.717) is 51.3 Å². The highest BCUT2D eigenvalue weighted by molar-refractivity contribution is 6.05. The largest absolute Gasteiger partial charge is 0.296 e. The van der Waals surface area contributed by atoms with E-state index in [2.05, 4.69) is 6.92 Å². The Morgan fingerprint density at radius 1 is 0.935 bits per heavy atom. The van der Waals surface area contributed by atoms with Crippen molar-refractivity contribution in [3.63, 3.8) is 0 Å². The van der Waals surface area contributed by atoms with Gasteiger partial charge in [-0.15, -0.1) is 0 Å². The lowest BCUT2D eigenvalue weighted by atomic mass is 10.2. The summed E-state index contributed by atoms with van der Waals surface area (Å²) in [7, 11) is 0. The number of hydrogen-bond acceptors (Lipinski definition) is 4. The summed E-state index contributed by atoms with van der Waals surface area (Å²) in [5.74, 6) is 0.254. The van der Waals surface area contributed by atoms with E-state index >= 15 is 0 Å². The summed E-state index contributed by atoms with van der Waals surface area (Å²) in [4.78, 5) is 27.9. The monoisotopic (exact) mass is 415 g/mol. The lowest BCUT2D eigenvalue weighted by Gasteiger charge is -2.10. The summed E-state index contributed by atoms with van der Waals surface area (Å²) in [6.45, 7) is 4.57. The average Bonchev–Trinajstić information content (AvgIpc) is 3.07. The minimum Gasteiger partial charge on any atom is -0.296 e. The van der Waals surface area contributed by atoms with E-state index < -0.39 is 0 Å². The fourth-order valence-electron chi connectivity index (χ4n) is 4.07. The molecular formula is C24H22FN5O. The van der Waals surface area contributed by atoms with Gasteiger partial charge in [0.05, 0.1) is 16.7 Å². The Morgan fingerprint density at radius 2 is 1.71 bits per heavy atom. The molecule has 0 unspecified atom stereocenters. The second-order valence-electron chi connectivity index (χ2n) is 7.72. The summed E-state index contributed by atoms with van der Waals surface area (Å²) >= 11 is 0. The van der Waals surface area contributed by atoms with Crippen LogP contribution in [-0.4, -0.2) is 24.1 Å². The number of unbranched alkanes of at least 4 members (excludes halogenated alkanes) is 2. The molecule has 5 rings (SSSR count). The van der Waals surface area contributed by atoms with Gasteiger partial charge in [-0.05, 0) is 43.7 Å². The van der Waals surface area contributed by atoms with Gasteiger partial charge in [0.2, 0.25) is 0 Å². The second kappa shape index (κ2) is 7.58. The van der Waals surface area contributed by atoms with Crippen LogP contribution in [-0.2, 0) is 6.54 Å². The van der Waals surface area contributed by atoms with Gasteiger partial charge >= 0.3 is 0 Å². The van der Waals surface area contributed by atoms with E-state index in [4.69, 9.17) is 15.0 Å². The van der Waals surface area contributed by atoms with Gasteiger partial charge in [0, 0.05) is 6.54 Å². The standard InChI is InChI=1S/C24H22FN5O/c1-3-4-7-13-29-15(2)26-22-20(24(29)31)21-23(28-19-12-6-5-11-18(19)27-21)30(22)17-10-8-9-16(25)14-17/h5-6,8-12,14H,3-4,7,13H2,1-2H3. The first-order valence-electron chi connectivity index (χ1n) is 10.5. The highest BCUT2D eigenvalue weighted by Gasteiger charge is 2.22. The molecule has 3 aromatic heterocycles. The number of hydrogen-bond donors (Lipinski definition) is 0. The summed E-state index contributed by atoms with van der Waals surface area (Å²) < 4.78 is 17.5. The molecule has 0 atom stereocenters. The van der Waals surface area contributed by atoms with Crippen LogP contribution < -0.4 is 5.56 Å². The van der Waals surface area contributed by atoms with E-state index in [1.54, 1.807) is 21.3 Å². The first-order chi connectivity index (χ1) is 15.1. The maximum atomic E-state index is 14.1. The van der Waals surface area contributed by atoms with Crippen LogP contribution in [0.4, 0.5) is 4.39 Å². The first kappa shape index (κ1) is 19.4. The molecule has 156 valence electrons. The molecule has 0 saturated heterocycles. The smallest absolute Gasteiger partial charge is 0.265 e. The molecule has 0 saturated carbocycles. The fourth-order valence-corrected chi connectivity index (χ4v) is 4.07. The van der Waals surface area contributed by atoms with Crippen LogP contribution in [0.2, 0.25) is 0 Å². The van der Waals surface area contributed by atoms with E-state index in [1.165, 1.54) is 12.1 Å². The summed E-state index contributed by atoms with van der Waals surface area (Å²) in [5.41, 5.74) is 3.25. The normalized spacial score (nSPS) is 11.7. The summed E-state index contributed by atoms with van der Waals surface area (Å²) in [6.07, 6.45) is 3.01. The number of halogens is 1. The number of aryl methyl sites for hydroxylation is 1. The van der Waals surface area contributed by atoms with Gasteiger partial charge in [0.1, 0.15) is 22.5 Å².